The Kier molecular flexibility index (Phi) is 2.44. The van der Waals surface area contributed by atoms with Crippen LogP contribution >= 0.6 is 0 Å². The SMILES string of the molecule is Cc1ccnc2c1nc(N)n2CCc1ncon1. The first-order chi connectivity index (χ1) is 8.75. The first-order valence-corrected chi connectivity index (χ1v) is 5.58. The Bertz CT molecular complexity index is 672. The van der Waals surface area contributed by atoms with Gasteiger partial charge in [0.05, 0.1) is 0 Å². The molecule has 0 bridgehead atoms. The highest BCUT2D eigenvalue weighted by Crippen LogP contribution is 2.18. The first kappa shape index (κ1) is 10.7. The van der Waals surface area contributed by atoms with Crippen LogP contribution < -0.4 is 5.73 Å². The molecule has 0 saturated heterocycles. The summed E-state index contributed by atoms with van der Waals surface area (Å²) in [5.74, 6) is 1.10. The van der Waals surface area contributed by atoms with Gasteiger partial charge in [0.25, 0.3) is 0 Å². The van der Waals surface area contributed by atoms with Crippen LogP contribution in [0.4, 0.5) is 5.95 Å². The Morgan fingerprint density at radius 2 is 2.28 bits per heavy atom. The van der Waals surface area contributed by atoms with Gasteiger partial charge in [0.2, 0.25) is 12.3 Å². The van der Waals surface area contributed by atoms with Crippen molar-refractivity contribution in [2.75, 3.05) is 5.73 Å². The third-order valence-corrected chi connectivity index (χ3v) is 2.83. The van der Waals surface area contributed by atoms with E-state index in [2.05, 4.69) is 24.6 Å². The van der Waals surface area contributed by atoms with Gasteiger partial charge < -0.3 is 10.3 Å². The largest absolute Gasteiger partial charge is 0.369 e. The number of hydrogen-bond acceptors (Lipinski definition) is 6. The number of hydrogen-bond donors (Lipinski definition) is 1. The summed E-state index contributed by atoms with van der Waals surface area (Å²) >= 11 is 0. The summed E-state index contributed by atoms with van der Waals surface area (Å²) in [6.07, 6.45) is 3.69. The number of anilines is 1. The maximum Gasteiger partial charge on any atom is 0.213 e. The zero-order chi connectivity index (χ0) is 12.5. The molecule has 0 aliphatic rings. The van der Waals surface area contributed by atoms with Gasteiger partial charge in [-0.3, -0.25) is 4.57 Å². The Morgan fingerprint density at radius 1 is 1.39 bits per heavy atom. The number of nitrogens with zero attached hydrogens (tertiary/aromatic N) is 5. The van der Waals surface area contributed by atoms with Gasteiger partial charge in [-0.2, -0.15) is 4.98 Å². The number of aromatic nitrogens is 5. The van der Waals surface area contributed by atoms with E-state index in [0.717, 1.165) is 16.7 Å². The lowest BCUT2D eigenvalue weighted by Crippen LogP contribution is -2.07. The first-order valence-electron chi connectivity index (χ1n) is 5.58. The topological polar surface area (TPSA) is 95.7 Å². The second-order valence-electron chi connectivity index (χ2n) is 4.02. The molecule has 92 valence electrons. The van der Waals surface area contributed by atoms with E-state index in [1.54, 1.807) is 6.20 Å². The van der Waals surface area contributed by atoms with Crippen molar-refractivity contribution in [3.05, 3.63) is 30.0 Å². The fourth-order valence-electron chi connectivity index (χ4n) is 1.89. The maximum atomic E-state index is 5.91. The van der Waals surface area contributed by atoms with Crippen molar-refractivity contribution in [2.24, 2.45) is 0 Å². The predicted molar refractivity (Wildman–Crippen MR) is 64.7 cm³/mol. The average Bonchev–Trinajstić information content (AvgIpc) is 2.95. The Labute approximate surface area is 103 Å². The number of nitrogens with two attached hydrogens (primary N) is 1. The third kappa shape index (κ3) is 1.69. The van der Waals surface area contributed by atoms with Gasteiger partial charge in [-0.05, 0) is 18.6 Å². The zero-order valence-electron chi connectivity index (χ0n) is 9.87. The molecule has 3 heterocycles. The molecule has 0 atom stereocenters. The molecule has 0 radical (unpaired) electrons. The standard InChI is InChI=1S/C11H12N6O/c1-7-2-4-13-10-9(7)15-11(12)17(10)5-3-8-14-6-18-16-8/h2,4,6H,3,5H2,1H3,(H2,12,15). The smallest absolute Gasteiger partial charge is 0.213 e. The normalized spacial score (nSPS) is 11.2. The quantitative estimate of drug-likeness (QED) is 0.736. The highest BCUT2D eigenvalue weighted by Gasteiger charge is 2.11. The highest BCUT2D eigenvalue weighted by molar-refractivity contribution is 5.77. The van der Waals surface area contributed by atoms with Gasteiger partial charge in [-0.15, -0.1) is 0 Å². The molecule has 3 rings (SSSR count). The van der Waals surface area contributed by atoms with E-state index in [9.17, 15) is 0 Å². The maximum absolute atomic E-state index is 5.91. The molecule has 0 saturated carbocycles. The van der Waals surface area contributed by atoms with Crippen LogP contribution in [-0.2, 0) is 13.0 Å². The van der Waals surface area contributed by atoms with E-state index < -0.39 is 0 Å². The molecule has 0 spiro atoms. The van der Waals surface area contributed by atoms with Crippen molar-refractivity contribution in [3.63, 3.8) is 0 Å². The molecule has 7 nitrogen and oxygen atoms in total. The summed E-state index contributed by atoms with van der Waals surface area (Å²) in [6.45, 7) is 2.61. The van der Waals surface area contributed by atoms with Crippen LogP contribution in [-0.4, -0.2) is 24.7 Å². The van der Waals surface area contributed by atoms with Crippen molar-refractivity contribution >= 4 is 17.1 Å². The molecule has 0 aliphatic carbocycles. The van der Waals surface area contributed by atoms with Gasteiger partial charge in [0.1, 0.15) is 5.52 Å². The lowest BCUT2D eigenvalue weighted by molar-refractivity contribution is 0.408. The fourth-order valence-corrected chi connectivity index (χ4v) is 1.89. The molecule has 0 amide bonds. The van der Waals surface area contributed by atoms with E-state index in [-0.39, 0.29) is 0 Å². The van der Waals surface area contributed by atoms with Crippen LogP contribution in [0, 0.1) is 6.92 Å². The molecular weight excluding hydrogens is 232 g/mol. The van der Waals surface area contributed by atoms with E-state index in [4.69, 9.17) is 5.73 Å². The minimum absolute atomic E-state index is 0.454. The zero-order valence-corrected chi connectivity index (χ0v) is 9.87. The van der Waals surface area contributed by atoms with E-state index in [1.807, 2.05) is 17.6 Å². The monoisotopic (exact) mass is 244 g/mol. The third-order valence-electron chi connectivity index (χ3n) is 2.83. The summed E-state index contributed by atoms with van der Waals surface area (Å²) in [6, 6.07) is 1.91. The molecule has 0 aromatic carbocycles. The minimum Gasteiger partial charge on any atom is -0.369 e. The summed E-state index contributed by atoms with van der Waals surface area (Å²) in [5.41, 5.74) is 8.59. The fraction of sp³-hybridized carbons (Fsp3) is 0.273. The van der Waals surface area contributed by atoms with Crippen molar-refractivity contribution < 1.29 is 4.52 Å². The highest BCUT2D eigenvalue weighted by atomic mass is 16.5. The summed E-state index contributed by atoms with van der Waals surface area (Å²) < 4.78 is 6.55. The molecule has 3 aromatic heterocycles. The van der Waals surface area contributed by atoms with E-state index in [1.165, 1.54) is 6.39 Å². The van der Waals surface area contributed by atoms with Crippen LogP contribution in [0.25, 0.3) is 11.2 Å². The van der Waals surface area contributed by atoms with Crippen LogP contribution in [0.1, 0.15) is 11.4 Å². The van der Waals surface area contributed by atoms with Gasteiger partial charge in [-0.1, -0.05) is 5.16 Å². The molecule has 2 N–H and O–H groups in total. The molecular formula is C11H12N6O. The van der Waals surface area contributed by atoms with Crippen LogP contribution in [0.3, 0.4) is 0 Å². The lowest BCUT2D eigenvalue weighted by Gasteiger charge is -2.03. The Morgan fingerprint density at radius 3 is 3.06 bits per heavy atom. The number of rotatable bonds is 3. The van der Waals surface area contributed by atoms with Crippen molar-refractivity contribution in [1.82, 2.24) is 24.7 Å². The van der Waals surface area contributed by atoms with Crippen LogP contribution in [0.15, 0.2) is 23.2 Å². The number of pyridine rings is 1. The molecule has 3 aromatic rings. The van der Waals surface area contributed by atoms with Gasteiger partial charge in [-0.25, -0.2) is 9.97 Å². The average molecular weight is 244 g/mol. The van der Waals surface area contributed by atoms with Crippen molar-refractivity contribution in [2.45, 2.75) is 19.9 Å². The van der Waals surface area contributed by atoms with Gasteiger partial charge >= 0.3 is 0 Å². The molecule has 18 heavy (non-hydrogen) atoms. The number of aryl methyl sites for hydroxylation is 3. The van der Waals surface area contributed by atoms with Gasteiger partial charge in [0, 0.05) is 19.2 Å². The van der Waals surface area contributed by atoms with Crippen molar-refractivity contribution in [1.29, 1.82) is 0 Å². The number of nitrogen functional groups attached to an aromatic ring is 1. The molecule has 0 fully saturated rings. The van der Waals surface area contributed by atoms with Crippen LogP contribution in [0.2, 0.25) is 0 Å². The van der Waals surface area contributed by atoms with Crippen LogP contribution in [0.5, 0.6) is 0 Å². The predicted octanol–water partition coefficient (Wildman–Crippen LogP) is 0.948. The second kappa shape index (κ2) is 4.10. The van der Waals surface area contributed by atoms with Gasteiger partial charge in [0.15, 0.2) is 11.5 Å². The number of fused-ring (bicyclic) bond motifs is 1. The van der Waals surface area contributed by atoms with E-state index in [0.29, 0.717) is 24.7 Å². The van der Waals surface area contributed by atoms with Crippen molar-refractivity contribution in [3.8, 4) is 0 Å². The summed E-state index contributed by atoms with van der Waals surface area (Å²) in [4.78, 5) is 12.6. The second-order valence-corrected chi connectivity index (χ2v) is 4.02. The molecule has 7 heteroatoms. The molecule has 0 aliphatic heterocycles. The molecule has 0 unspecified atom stereocenters. The summed E-state index contributed by atoms with van der Waals surface area (Å²) in [7, 11) is 0. The van der Waals surface area contributed by atoms with E-state index >= 15 is 0 Å². The minimum atomic E-state index is 0.454. The lowest BCUT2D eigenvalue weighted by atomic mass is 10.3. The Hall–Kier alpha value is -2.44. The summed E-state index contributed by atoms with van der Waals surface area (Å²) in [5, 5.41) is 3.76. The Balaban J connectivity index is 1.96. The number of imidazole rings is 1.